The number of hydrogen-bond acceptors (Lipinski definition) is 3. The van der Waals surface area contributed by atoms with Crippen molar-refractivity contribution >= 4 is 15.9 Å². The maximum absolute atomic E-state index is 6.01. The molecule has 0 saturated carbocycles. The monoisotopic (exact) mass is 311 g/mol. The van der Waals surface area contributed by atoms with Gasteiger partial charge in [-0.25, -0.2) is 0 Å². The summed E-state index contributed by atoms with van der Waals surface area (Å²) >= 11 is 3.49. The summed E-state index contributed by atoms with van der Waals surface area (Å²) in [4.78, 5) is 6.80. The summed E-state index contributed by atoms with van der Waals surface area (Å²) in [5.41, 5.74) is 7.22. The van der Waals surface area contributed by atoms with E-state index >= 15 is 0 Å². The fraction of sp³-hybridized carbons (Fsp3) is 0.643. The number of rotatable bonds is 3. The van der Waals surface area contributed by atoms with Gasteiger partial charge in [0.05, 0.1) is 0 Å². The van der Waals surface area contributed by atoms with Crippen molar-refractivity contribution < 1.29 is 0 Å². The van der Waals surface area contributed by atoms with Gasteiger partial charge in [0.25, 0.3) is 0 Å². The molecule has 0 spiro atoms. The van der Waals surface area contributed by atoms with Crippen LogP contribution in [0.2, 0.25) is 0 Å². The van der Waals surface area contributed by atoms with Crippen LogP contribution in [0.25, 0.3) is 0 Å². The highest BCUT2D eigenvalue weighted by molar-refractivity contribution is 9.10. The molecule has 0 amide bonds. The largest absolute Gasteiger partial charge is 0.329 e. The second-order valence-electron chi connectivity index (χ2n) is 5.29. The molecular weight excluding hydrogens is 290 g/mol. The lowest BCUT2D eigenvalue weighted by molar-refractivity contribution is 0.0708. The van der Waals surface area contributed by atoms with Crippen molar-refractivity contribution in [2.24, 2.45) is 11.7 Å². The van der Waals surface area contributed by atoms with Gasteiger partial charge in [0.2, 0.25) is 0 Å². The number of nitrogens with two attached hydrogens (primary N) is 1. The number of nitrogens with zero attached hydrogens (tertiary/aromatic N) is 2. The molecule has 1 aromatic heterocycles. The minimum atomic E-state index is 0.285. The average Bonchev–Trinajstić information content (AvgIpc) is 2.35. The topological polar surface area (TPSA) is 42.1 Å². The second kappa shape index (κ2) is 6.13. The average molecular weight is 312 g/mol. The van der Waals surface area contributed by atoms with Crippen LogP contribution in [-0.2, 0) is 0 Å². The van der Waals surface area contributed by atoms with Gasteiger partial charge in [-0.3, -0.25) is 9.88 Å². The van der Waals surface area contributed by atoms with Crippen LogP contribution >= 0.6 is 15.9 Å². The zero-order valence-electron chi connectivity index (χ0n) is 11.1. The Morgan fingerprint density at radius 1 is 1.50 bits per heavy atom. The van der Waals surface area contributed by atoms with Crippen LogP contribution in [0, 0.1) is 5.92 Å². The molecule has 100 valence electrons. The maximum atomic E-state index is 6.01. The highest BCUT2D eigenvalue weighted by Crippen LogP contribution is 2.31. The van der Waals surface area contributed by atoms with Gasteiger partial charge in [0.1, 0.15) is 0 Å². The fourth-order valence-electron chi connectivity index (χ4n) is 2.88. The molecule has 2 heterocycles. The van der Waals surface area contributed by atoms with E-state index in [1.54, 1.807) is 0 Å². The number of likely N-dealkylation sites (tertiary alicyclic amines) is 1. The summed E-state index contributed by atoms with van der Waals surface area (Å²) in [5.74, 6) is 0.743. The van der Waals surface area contributed by atoms with E-state index in [0.29, 0.717) is 12.6 Å². The molecule has 1 aliphatic heterocycles. The third-order valence-electron chi connectivity index (χ3n) is 4.16. The SMILES string of the molecule is CC1CCCN(C(CN)c2cncc(Br)c2)C1C. The van der Waals surface area contributed by atoms with Gasteiger partial charge in [-0.2, -0.15) is 0 Å². The van der Waals surface area contributed by atoms with Gasteiger partial charge in [-0.05, 0) is 59.8 Å². The minimum absolute atomic E-state index is 0.285. The van der Waals surface area contributed by atoms with Crippen molar-refractivity contribution in [1.82, 2.24) is 9.88 Å². The van der Waals surface area contributed by atoms with E-state index in [2.05, 4.69) is 45.7 Å². The van der Waals surface area contributed by atoms with Crippen LogP contribution < -0.4 is 5.73 Å². The first-order chi connectivity index (χ1) is 8.63. The third kappa shape index (κ3) is 2.92. The Balaban J connectivity index is 2.22. The van der Waals surface area contributed by atoms with E-state index in [9.17, 15) is 0 Å². The standard InChI is InChI=1S/C14H22BrN3/c1-10-4-3-5-18(11(10)2)14(7-16)12-6-13(15)9-17-8-12/h6,8-11,14H,3-5,7,16H2,1-2H3. The first-order valence-electron chi connectivity index (χ1n) is 6.69. The number of piperidine rings is 1. The highest BCUT2D eigenvalue weighted by atomic mass is 79.9. The molecule has 3 nitrogen and oxygen atoms in total. The molecule has 1 aromatic rings. The zero-order valence-corrected chi connectivity index (χ0v) is 12.7. The predicted octanol–water partition coefficient (Wildman–Crippen LogP) is 2.96. The summed E-state index contributed by atoms with van der Waals surface area (Å²) in [7, 11) is 0. The fourth-order valence-corrected chi connectivity index (χ4v) is 3.26. The molecule has 0 aliphatic carbocycles. The highest BCUT2D eigenvalue weighted by Gasteiger charge is 2.30. The quantitative estimate of drug-likeness (QED) is 0.933. The molecule has 18 heavy (non-hydrogen) atoms. The van der Waals surface area contributed by atoms with Gasteiger partial charge in [-0.1, -0.05) is 6.92 Å². The Hall–Kier alpha value is -0.450. The molecule has 1 saturated heterocycles. The van der Waals surface area contributed by atoms with E-state index in [-0.39, 0.29) is 6.04 Å². The van der Waals surface area contributed by atoms with Crippen molar-refractivity contribution in [1.29, 1.82) is 0 Å². The number of aromatic nitrogens is 1. The van der Waals surface area contributed by atoms with Crippen LogP contribution in [0.5, 0.6) is 0 Å². The molecule has 3 unspecified atom stereocenters. The molecule has 0 bridgehead atoms. The van der Waals surface area contributed by atoms with E-state index in [1.807, 2.05) is 12.4 Å². The molecular formula is C14H22BrN3. The summed E-state index contributed by atoms with van der Waals surface area (Å²) < 4.78 is 1.02. The number of hydrogen-bond donors (Lipinski definition) is 1. The van der Waals surface area contributed by atoms with Crippen molar-refractivity contribution in [2.45, 2.75) is 38.8 Å². The Bertz CT molecular complexity index is 396. The molecule has 1 fully saturated rings. The summed E-state index contributed by atoms with van der Waals surface area (Å²) in [6.07, 6.45) is 6.35. The summed E-state index contributed by atoms with van der Waals surface area (Å²) in [6, 6.07) is 3.01. The third-order valence-corrected chi connectivity index (χ3v) is 4.59. The molecule has 0 aromatic carbocycles. The maximum Gasteiger partial charge on any atom is 0.0489 e. The number of halogens is 1. The van der Waals surface area contributed by atoms with Crippen LogP contribution in [0.1, 0.15) is 38.3 Å². The lowest BCUT2D eigenvalue weighted by Crippen LogP contribution is -2.46. The van der Waals surface area contributed by atoms with Gasteiger partial charge in [-0.15, -0.1) is 0 Å². The van der Waals surface area contributed by atoms with Crippen LogP contribution in [-0.4, -0.2) is 29.0 Å². The first kappa shape index (κ1) is 14.0. The summed E-state index contributed by atoms with van der Waals surface area (Å²) in [6.45, 7) is 6.44. The molecule has 4 heteroatoms. The Morgan fingerprint density at radius 3 is 2.94 bits per heavy atom. The first-order valence-corrected chi connectivity index (χ1v) is 7.49. The van der Waals surface area contributed by atoms with E-state index in [1.165, 1.54) is 18.4 Å². The van der Waals surface area contributed by atoms with E-state index < -0.39 is 0 Å². The number of pyridine rings is 1. The van der Waals surface area contributed by atoms with Gasteiger partial charge < -0.3 is 5.73 Å². The normalized spacial score (nSPS) is 27.1. The molecule has 3 atom stereocenters. The van der Waals surface area contributed by atoms with Gasteiger partial charge in [0.15, 0.2) is 0 Å². The van der Waals surface area contributed by atoms with Crippen molar-refractivity contribution in [2.75, 3.05) is 13.1 Å². The van der Waals surface area contributed by atoms with Crippen molar-refractivity contribution in [3.63, 3.8) is 0 Å². The Labute approximate surface area is 118 Å². The van der Waals surface area contributed by atoms with Crippen LogP contribution in [0.4, 0.5) is 0 Å². The minimum Gasteiger partial charge on any atom is -0.329 e. The van der Waals surface area contributed by atoms with Crippen LogP contribution in [0.15, 0.2) is 22.9 Å². The van der Waals surface area contributed by atoms with E-state index in [0.717, 1.165) is 16.9 Å². The van der Waals surface area contributed by atoms with Gasteiger partial charge >= 0.3 is 0 Å². The molecule has 2 rings (SSSR count). The molecule has 0 radical (unpaired) electrons. The summed E-state index contributed by atoms with van der Waals surface area (Å²) in [5, 5.41) is 0. The second-order valence-corrected chi connectivity index (χ2v) is 6.20. The lowest BCUT2D eigenvalue weighted by atomic mass is 9.89. The Kier molecular flexibility index (Phi) is 4.76. The van der Waals surface area contributed by atoms with Crippen LogP contribution in [0.3, 0.4) is 0 Å². The Morgan fingerprint density at radius 2 is 2.28 bits per heavy atom. The van der Waals surface area contributed by atoms with Gasteiger partial charge in [0, 0.05) is 35.5 Å². The van der Waals surface area contributed by atoms with Crippen molar-refractivity contribution in [3.05, 3.63) is 28.5 Å². The molecule has 2 N–H and O–H groups in total. The van der Waals surface area contributed by atoms with Crippen molar-refractivity contribution in [3.8, 4) is 0 Å². The molecule has 1 aliphatic rings. The smallest absolute Gasteiger partial charge is 0.0489 e. The predicted molar refractivity (Wildman–Crippen MR) is 78.3 cm³/mol. The zero-order chi connectivity index (χ0) is 13.1. The van der Waals surface area contributed by atoms with E-state index in [4.69, 9.17) is 5.73 Å². The lowest BCUT2D eigenvalue weighted by Gasteiger charge is -2.42.